The van der Waals surface area contributed by atoms with Crippen molar-refractivity contribution in [3.8, 4) is 0 Å². The fourth-order valence-corrected chi connectivity index (χ4v) is 4.41. The minimum Gasteiger partial charge on any atom is -0.381 e. The van der Waals surface area contributed by atoms with Crippen LogP contribution in [0.25, 0.3) is 10.9 Å². The largest absolute Gasteiger partial charge is 0.381 e. The third kappa shape index (κ3) is 4.31. The van der Waals surface area contributed by atoms with E-state index in [1.54, 1.807) is 12.1 Å². The lowest BCUT2D eigenvalue weighted by atomic mass is 10.0. The SMILES string of the molecule is CS(=O)(=O)c1cccc(CN2CCC[C@@H](Nc3ccc4[nH]ncc4c3)C2)c1. The lowest BCUT2D eigenvalue weighted by Crippen LogP contribution is -2.41. The number of piperidine rings is 1. The number of fused-ring (bicyclic) bond motifs is 1. The fraction of sp³-hybridized carbons (Fsp3) is 0.350. The molecule has 0 amide bonds. The summed E-state index contributed by atoms with van der Waals surface area (Å²) in [6, 6.07) is 13.9. The van der Waals surface area contributed by atoms with Crippen molar-refractivity contribution >= 4 is 26.4 Å². The highest BCUT2D eigenvalue weighted by molar-refractivity contribution is 7.90. The molecule has 1 aromatic heterocycles. The second kappa shape index (κ2) is 7.32. The van der Waals surface area contributed by atoms with Gasteiger partial charge in [0, 0.05) is 36.5 Å². The van der Waals surface area contributed by atoms with E-state index in [9.17, 15) is 8.42 Å². The normalized spacial score (nSPS) is 18.6. The van der Waals surface area contributed by atoms with Crippen molar-refractivity contribution in [1.82, 2.24) is 15.1 Å². The first-order valence-electron chi connectivity index (χ1n) is 9.18. The molecule has 0 saturated carbocycles. The third-order valence-corrected chi connectivity index (χ3v) is 6.16. The number of H-pyrrole nitrogens is 1. The average molecular weight is 385 g/mol. The maximum absolute atomic E-state index is 11.8. The predicted molar refractivity (Wildman–Crippen MR) is 108 cm³/mol. The number of aromatic nitrogens is 2. The summed E-state index contributed by atoms with van der Waals surface area (Å²) >= 11 is 0. The van der Waals surface area contributed by atoms with Crippen LogP contribution in [0.2, 0.25) is 0 Å². The molecule has 4 rings (SSSR count). The van der Waals surface area contributed by atoms with Crippen molar-refractivity contribution < 1.29 is 8.42 Å². The average Bonchev–Trinajstić information content (AvgIpc) is 3.09. The molecule has 1 atom stereocenters. The molecule has 2 N–H and O–H groups in total. The Kier molecular flexibility index (Phi) is 4.88. The van der Waals surface area contributed by atoms with Gasteiger partial charge in [0.15, 0.2) is 9.84 Å². The predicted octanol–water partition coefficient (Wildman–Crippen LogP) is 3.04. The number of hydrogen-bond acceptors (Lipinski definition) is 5. The van der Waals surface area contributed by atoms with Gasteiger partial charge >= 0.3 is 0 Å². The van der Waals surface area contributed by atoms with Gasteiger partial charge < -0.3 is 5.32 Å². The van der Waals surface area contributed by atoms with E-state index in [4.69, 9.17) is 0 Å². The Morgan fingerprint density at radius 3 is 3.00 bits per heavy atom. The van der Waals surface area contributed by atoms with E-state index in [0.717, 1.165) is 54.6 Å². The molecule has 6 nitrogen and oxygen atoms in total. The number of nitrogens with zero attached hydrogens (tertiary/aromatic N) is 2. The third-order valence-electron chi connectivity index (χ3n) is 5.05. The highest BCUT2D eigenvalue weighted by atomic mass is 32.2. The maximum Gasteiger partial charge on any atom is 0.175 e. The van der Waals surface area contributed by atoms with Crippen molar-refractivity contribution in [3.05, 3.63) is 54.2 Å². The number of anilines is 1. The first-order chi connectivity index (χ1) is 13.0. The molecule has 1 aliphatic heterocycles. The zero-order chi connectivity index (χ0) is 18.9. The second-order valence-electron chi connectivity index (χ2n) is 7.31. The molecule has 1 aliphatic rings. The van der Waals surface area contributed by atoms with Gasteiger partial charge in [-0.15, -0.1) is 0 Å². The number of rotatable bonds is 5. The zero-order valence-electron chi connectivity index (χ0n) is 15.4. The Morgan fingerprint density at radius 1 is 1.26 bits per heavy atom. The summed E-state index contributed by atoms with van der Waals surface area (Å²) in [5.74, 6) is 0. The van der Waals surface area contributed by atoms with E-state index in [-0.39, 0.29) is 0 Å². The van der Waals surface area contributed by atoms with Gasteiger partial charge in [-0.3, -0.25) is 10.00 Å². The Hall–Kier alpha value is -2.38. The molecular formula is C20H24N4O2S. The topological polar surface area (TPSA) is 78.1 Å². The number of sulfone groups is 1. The van der Waals surface area contributed by atoms with Crippen LogP contribution in [-0.4, -0.2) is 48.9 Å². The Labute approximate surface area is 159 Å². The van der Waals surface area contributed by atoms with Gasteiger partial charge in [-0.05, 0) is 55.3 Å². The van der Waals surface area contributed by atoms with Crippen molar-refractivity contribution in [1.29, 1.82) is 0 Å². The van der Waals surface area contributed by atoms with Gasteiger partial charge in [-0.1, -0.05) is 12.1 Å². The van der Waals surface area contributed by atoms with Gasteiger partial charge in [0.1, 0.15) is 0 Å². The minimum absolute atomic E-state index is 0.376. The molecule has 0 bridgehead atoms. The molecule has 0 unspecified atom stereocenters. The molecule has 3 aromatic rings. The van der Waals surface area contributed by atoms with Gasteiger partial charge in [0.05, 0.1) is 16.6 Å². The van der Waals surface area contributed by atoms with Crippen LogP contribution in [0.4, 0.5) is 5.69 Å². The monoisotopic (exact) mass is 384 g/mol. The smallest absolute Gasteiger partial charge is 0.175 e. The first kappa shape index (κ1) is 18.0. The Balaban J connectivity index is 1.42. The summed E-state index contributed by atoms with van der Waals surface area (Å²) in [7, 11) is -3.17. The number of benzene rings is 2. The number of nitrogens with one attached hydrogen (secondary N) is 2. The molecule has 1 saturated heterocycles. The summed E-state index contributed by atoms with van der Waals surface area (Å²) in [6.45, 7) is 2.73. The summed E-state index contributed by atoms with van der Waals surface area (Å²) in [4.78, 5) is 2.78. The van der Waals surface area contributed by atoms with Crippen LogP contribution < -0.4 is 5.32 Å². The lowest BCUT2D eigenvalue weighted by Gasteiger charge is -2.33. The maximum atomic E-state index is 11.8. The van der Waals surface area contributed by atoms with Crippen molar-refractivity contribution in [2.24, 2.45) is 0 Å². The molecule has 0 spiro atoms. The van der Waals surface area contributed by atoms with Crippen LogP contribution in [0, 0.1) is 0 Å². The van der Waals surface area contributed by atoms with E-state index >= 15 is 0 Å². The molecule has 142 valence electrons. The molecule has 2 heterocycles. The quantitative estimate of drug-likeness (QED) is 0.707. The van der Waals surface area contributed by atoms with Crippen LogP contribution in [0.3, 0.4) is 0 Å². The van der Waals surface area contributed by atoms with E-state index in [1.165, 1.54) is 6.26 Å². The number of aromatic amines is 1. The van der Waals surface area contributed by atoms with E-state index in [1.807, 2.05) is 24.4 Å². The van der Waals surface area contributed by atoms with Crippen molar-refractivity contribution in [2.45, 2.75) is 30.3 Å². The van der Waals surface area contributed by atoms with Gasteiger partial charge in [-0.25, -0.2) is 8.42 Å². The first-order valence-corrected chi connectivity index (χ1v) is 11.1. The summed E-state index contributed by atoms with van der Waals surface area (Å²) in [5.41, 5.74) is 3.18. The van der Waals surface area contributed by atoms with Gasteiger partial charge in [-0.2, -0.15) is 5.10 Å². The summed E-state index contributed by atoms with van der Waals surface area (Å²) in [5, 5.41) is 11.8. The molecule has 0 radical (unpaired) electrons. The van der Waals surface area contributed by atoms with Crippen LogP contribution >= 0.6 is 0 Å². The highest BCUT2D eigenvalue weighted by Gasteiger charge is 2.20. The number of hydrogen-bond donors (Lipinski definition) is 2. The Morgan fingerprint density at radius 2 is 2.15 bits per heavy atom. The fourth-order valence-electron chi connectivity index (χ4n) is 3.72. The summed E-state index contributed by atoms with van der Waals surface area (Å²) in [6.07, 6.45) is 5.34. The van der Waals surface area contributed by atoms with Crippen LogP contribution in [-0.2, 0) is 16.4 Å². The van der Waals surface area contributed by atoms with Crippen molar-refractivity contribution in [2.75, 3.05) is 24.7 Å². The van der Waals surface area contributed by atoms with Gasteiger partial charge in [0.2, 0.25) is 0 Å². The lowest BCUT2D eigenvalue weighted by molar-refractivity contribution is 0.208. The standard InChI is InChI=1S/C20H24N4O2S/c1-27(25,26)19-6-2-4-15(10-19)13-24-9-3-5-18(14-24)22-17-7-8-20-16(11-17)12-21-23-20/h2,4,6-8,10-12,18,22H,3,5,9,13-14H2,1H3,(H,21,23)/t18-/m1/s1. The zero-order valence-corrected chi connectivity index (χ0v) is 16.2. The summed E-state index contributed by atoms with van der Waals surface area (Å²) < 4.78 is 23.6. The molecule has 2 aromatic carbocycles. The Bertz CT molecular complexity index is 1040. The molecule has 27 heavy (non-hydrogen) atoms. The molecular weight excluding hydrogens is 360 g/mol. The molecule has 1 fully saturated rings. The van der Waals surface area contributed by atoms with Crippen molar-refractivity contribution in [3.63, 3.8) is 0 Å². The minimum atomic E-state index is -3.17. The van der Waals surface area contributed by atoms with Crippen LogP contribution in [0.15, 0.2) is 53.6 Å². The van der Waals surface area contributed by atoms with Crippen LogP contribution in [0.1, 0.15) is 18.4 Å². The van der Waals surface area contributed by atoms with E-state index in [0.29, 0.717) is 10.9 Å². The van der Waals surface area contributed by atoms with E-state index < -0.39 is 9.84 Å². The molecule has 7 heteroatoms. The van der Waals surface area contributed by atoms with E-state index in [2.05, 4.69) is 32.5 Å². The molecule has 0 aliphatic carbocycles. The second-order valence-corrected chi connectivity index (χ2v) is 9.33. The highest BCUT2D eigenvalue weighted by Crippen LogP contribution is 2.22. The number of likely N-dealkylation sites (tertiary alicyclic amines) is 1. The van der Waals surface area contributed by atoms with Gasteiger partial charge in [0.25, 0.3) is 0 Å². The van der Waals surface area contributed by atoms with Crippen LogP contribution in [0.5, 0.6) is 0 Å².